The Hall–Kier alpha value is -2.33. The second-order valence-corrected chi connectivity index (χ2v) is 8.78. The molecule has 1 aliphatic heterocycles. The normalized spacial score (nSPS) is 16.7. The Balaban J connectivity index is 1.76. The molecule has 2 aromatic carbocycles. The number of para-hydroxylation sites is 1. The minimum Gasteiger partial charge on any atom is -0.337 e. The summed E-state index contributed by atoms with van der Waals surface area (Å²) in [6, 6.07) is 13.7. The van der Waals surface area contributed by atoms with E-state index in [1.807, 2.05) is 30.3 Å². The largest absolute Gasteiger partial charge is 0.337 e. The van der Waals surface area contributed by atoms with Crippen molar-refractivity contribution in [2.45, 2.75) is 52.5 Å². The van der Waals surface area contributed by atoms with Crippen molar-refractivity contribution in [3.8, 4) is 0 Å². The molecule has 0 radical (unpaired) electrons. The first kappa shape index (κ1) is 21.4. The summed E-state index contributed by atoms with van der Waals surface area (Å²) in [6.07, 6.45) is 0.233. The molecule has 154 valence electrons. The Morgan fingerprint density at radius 3 is 2.28 bits per heavy atom. The topological polar surface area (TPSA) is 49.4 Å². The zero-order chi connectivity index (χ0) is 21.1. The first-order chi connectivity index (χ1) is 13.8. The van der Waals surface area contributed by atoms with E-state index in [1.54, 1.807) is 4.90 Å². The first-order valence-corrected chi connectivity index (χ1v) is 10.6. The van der Waals surface area contributed by atoms with Crippen LogP contribution in [0, 0.1) is 5.92 Å². The third-order valence-corrected chi connectivity index (χ3v) is 5.89. The van der Waals surface area contributed by atoms with E-state index in [0.29, 0.717) is 29.9 Å². The zero-order valence-corrected chi connectivity index (χ0v) is 18.3. The van der Waals surface area contributed by atoms with Crippen molar-refractivity contribution in [1.29, 1.82) is 0 Å². The Morgan fingerprint density at radius 1 is 1.07 bits per heavy atom. The number of likely N-dealkylation sites (tertiary alicyclic amines) is 1. The molecule has 2 aromatic rings. The fourth-order valence-corrected chi connectivity index (χ4v) is 4.05. The number of benzene rings is 2. The molecule has 0 bridgehead atoms. The van der Waals surface area contributed by atoms with Crippen LogP contribution in [-0.2, 0) is 16.1 Å². The molecule has 0 aliphatic carbocycles. The number of carbonyl (C=O) groups excluding carboxylic acids is 2. The molecule has 1 heterocycles. The van der Waals surface area contributed by atoms with Gasteiger partial charge in [0, 0.05) is 30.2 Å². The maximum absolute atomic E-state index is 13.1. The molecule has 1 fully saturated rings. The van der Waals surface area contributed by atoms with E-state index in [1.165, 1.54) is 0 Å². The Kier molecular flexibility index (Phi) is 6.63. The van der Waals surface area contributed by atoms with Gasteiger partial charge in [-0.25, -0.2) is 0 Å². The third kappa shape index (κ3) is 4.81. The Labute approximate surface area is 178 Å². The van der Waals surface area contributed by atoms with Crippen LogP contribution in [0.15, 0.2) is 42.5 Å². The van der Waals surface area contributed by atoms with Crippen molar-refractivity contribution in [2.75, 3.05) is 11.9 Å². The number of hydrogen-bond donors (Lipinski definition) is 1. The Bertz CT molecular complexity index is 881. The third-order valence-electron chi connectivity index (χ3n) is 5.53. The van der Waals surface area contributed by atoms with Crippen molar-refractivity contribution >= 4 is 29.1 Å². The second-order valence-electron chi connectivity index (χ2n) is 8.38. The molecule has 4 nitrogen and oxygen atoms in total. The molecule has 1 saturated heterocycles. The predicted octanol–water partition coefficient (Wildman–Crippen LogP) is 5.57. The molecular formula is C24H29ClN2O2. The van der Waals surface area contributed by atoms with E-state index >= 15 is 0 Å². The van der Waals surface area contributed by atoms with Gasteiger partial charge in [0.1, 0.15) is 0 Å². The van der Waals surface area contributed by atoms with Gasteiger partial charge in [-0.3, -0.25) is 9.59 Å². The van der Waals surface area contributed by atoms with Gasteiger partial charge in [-0.2, -0.15) is 0 Å². The maximum Gasteiger partial charge on any atom is 0.229 e. The molecule has 2 amide bonds. The number of halogens is 1. The number of nitrogens with zero attached hydrogens (tertiary/aromatic N) is 1. The van der Waals surface area contributed by atoms with Crippen LogP contribution >= 0.6 is 11.6 Å². The molecule has 1 aliphatic rings. The lowest BCUT2D eigenvalue weighted by Crippen LogP contribution is -2.28. The van der Waals surface area contributed by atoms with E-state index in [9.17, 15) is 9.59 Å². The summed E-state index contributed by atoms with van der Waals surface area (Å²) in [4.78, 5) is 27.3. The van der Waals surface area contributed by atoms with Crippen molar-refractivity contribution in [3.05, 3.63) is 64.2 Å². The van der Waals surface area contributed by atoms with Gasteiger partial charge >= 0.3 is 0 Å². The number of nitrogens with one attached hydrogen (secondary N) is 1. The molecule has 3 rings (SSSR count). The highest BCUT2D eigenvalue weighted by molar-refractivity contribution is 6.31. The standard InChI is InChI=1S/C24H29ClN2O2/c1-15(2)19-9-7-10-20(16(3)4)23(19)26-24(29)18-12-22(28)27(14-18)13-17-8-5-6-11-21(17)25/h5-11,15-16,18H,12-14H2,1-4H3,(H,26,29)/t18-/m1/s1. The van der Waals surface area contributed by atoms with Crippen LogP contribution in [0.3, 0.4) is 0 Å². The van der Waals surface area contributed by atoms with Crippen LogP contribution in [0.5, 0.6) is 0 Å². The molecular weight excluding hydrogens is 384 g/mol. The summed E-state index contributed by atoms with van der Waals surface area (Å²) in [7, 11) is 0. The highest BCUT2D eigenvalue weighted by atomic mass is 35.5. The van der Waals surface area contributed by atoms with Crippen LogP contribution in [0.4, 0.5) is 5.69 Å². The van der Waals surface area contributed by atoms with E-state index in [0.717, 1.165) is 22.4 Å². The van der Waals surface area contributed by atoms with Crippen LogP contribution in [0.25, 0.3) is 0 Å². The molecule has 1 atom stereocenters. The molecule has 1 N–H and O–H groups in total. The maximum atomic E-state index is 13.1. The number of hydrogen-bond acceptors (Lipinski definition) is 2. The summed E-state index contributed by atoms with van der Waals surface area (Å²) in [5.41, 5.74) is 4.05. The van der Waals surface area contributed by atoms with Crippen molar-refractivity contribution in [3.63, 3.8) is 0 Å². The van der Waals surface area contributed by atoms with Crippen LogP contribution in [0.2, 0.25) is 5.02 Å². The summed E-state index contributed by atoms with van der Waals surface area (Å²) >= 11 is 6.23. The number of carbonyl (C=O) groups is 2. The fourth-order valence-electron chi connectivity index (χ4n) is 3.85. The quantitative estimate of drug-likeness (QED) is 0.673. The van der Waals surface area contributed by atoms with Gasteiger partial charge in [0.05, 0.1) is 5.92 Å². The molecule has 0 aromatic heterocycles. The van der Waals surface area contributed by atoms with Gasteiger partial charge in [0.15, 0.2) is 0 Å². The van der Waals surface area contributed by atoms with Crippen molar-refractivity contribution in [2.24, 2.45) is 5.92 Å². The van der Waals surface area contributed by atoms with E-state index < -0.39 is 0 Å². The summed E-state index contributed by atoms with van der Waals surface area (Å²) < 4.78 is 0. The molecule has 5 heteroatoms. The second kappa shape index (κ2) is 9.00. The molecule has 29 heavy (non-hydrogen) atoms. The lowest BCUT2D eigenvalue weighted by molar-refractivity contribution is -0.128. The number of anilines is 1. The van der Waals surface area contributed by atoms with Crippen molar-refractivity contribution < 1.29 is 9.59 Å². The molecule has 0 spiro atoms. The Morgan fingerprint density at radius 2 is 1.69 bits per heavy atom. The first-order valence-electron chi connectivity index (χ1n) is 10.2. The van der Waals surface area contributed by atoms with Gasteiger partial charge in [0.25, 0.3) is 0 Å². The molecule has 0 unspecified atom stereocenters. The smallest absolute Gasteiger partial charge is 0.229 e. The SMILES string of the molecule is CC(C)c1cccc(C(C)C)c1NC(=O)[C@@H]1CC(=O)N(Cc2ccccc2Cl)C1. The van der Waals surface area contributed by atoms with E-state index in [-0.39, 0.29) is 24.2 Å². The van der Waals surface area contributed by atoms with Gasteiger partial charge in [-0.1, -0.05) is 75.7 Å². The summed E-state index contributed by atoms with van der Waals surface area (Å²) in [5.74, 6) is 0.142. The van der Waals surface area contributed by atoms with E-state index in [4.69, 9.17) is 11.6 Å². The average Bonchev–Trinajstić information content (AvgIpc) is 3.04. The number of rotatable bonds is 6. The highest BCUT2D eigenvalue weighted by Crippen LogP contribution is 2.33. The van der Waals surface area contributed by atoms with Gasteiger partial charge in [-0.05, 0) is 34.6 Å². The monoisotopic (exact) mass is 412 g/mol. The molecule has 0 saturated carbocycles. The predicted molar refractivity (Wildman–Crippen MR) is 118 cm³/mol. The van der Waals surface area contributed by atoms with Crippen LogP contribution in [0.1, 0.15) is 62.6 Å². The van der Waals surface area contributed by atoms with E-state index in [2.05, 4.69) is 45.1 Å². The van der Waals surface area contributed by atoms with Crippen LogP contribution in [-0.4, -0.2) is 23.3 Å². The van der Waals surface area contributed by atoms with Crippen molar-refractivity contribution in [1.82, 2.24) is 4.90 Å². The van der Waals surface area contributed by atoms with Gasteiger partial charge in [0.2, 0.25) is 11.8 Å². The minimum atomic E-state index is -0.356. The van der Waals surface area contributed by atoms with Gasteiger partial charge < -0.3 is 10.2 Å². The lowest BCUT2D eigenvalue weighted by atomic mass is 9.92. The zero-order valence-electron chi connectivity index (χ0n) is 17.5. The number of amides is 2. The van der Waals surface area contributed by atoms with Gasteiger partial charge in [-0.15, -0.1) is 0 Å². The summed E-state index contributed by atoms with van der Waals surface area (Å²) in [6.45, 7) is 9.34. The van der Waals surface area contributed by atoms with Crippen LogP contribution < -0.4 is 5.32 Å². The fraction of sp³-hybridized carbons (Fsp3) is 0.417. The summed E-state index contributed by atoms with van der Waals surface area (Å²) in [5, 5.41) is 3.80. The average molecular weight is 413 g/mol. The minimum absolute atomic E-state index is 0.00806. The lowest BCUT2D eigenvalue weighted by Gasteiger charge is -2.22. The highest BCUT2D eigenvalue weighted by Gasteiger charge is 2.35.